The number of fused-ring (bicyclic) bond motifs is 1. The first-order chi connectivity index (χ1) is 16.2. The molecule has 174 valence electrons. The normalized spacial score (nSPS) is 20.5. The number of carboxylic acid groups (broad SMARTS) is 1. The van der Waals surface area contributed by atoms with Gasteiger partial charge < -0.3 is 19.9 Å². The zero-order valence-corrected chi connectivity index (χ0v) is 18.8. The third-order valence-corrected chi connectivity index (χ3v) is 6.96. The Balaban J connectivity index is 1.82. The molecule has 1 heterocycles. The maximum atomic E-state index is 13.8. The quantitative estimate of drug-likeness (QED) is 0.337. The molecule has 6 heteroatoms. The molecule has 0 atom stereocenters. The summed E-state index contributed by atoms with van der Waals surface area (Å²) in [5.41, 5.74) is 3.64. The number of aliphatic hydroxyl groups is 1. The lowest BCUT2D eigenvalue weighted by molar-refractivity contribution is 0.0167. The first kappa shape index (κ1) is 22.2. The molecule has 1 saturated carbocycles. The van der Waals surface area contributed by atoms with Crippen LogP contribution in [0, 0.1) is 5.82 Å². The summed E-state index contributed by atoms with van der Waals surface area (Å²) in [6.45, 7) is 1.86. The van der Waals surface area contributed by atoms with Gasteiger partial charge in [0.05, 0.1) is 16.7 Å². The first-order valence-electron chi connectivity index (χ1n) is 11.4. The van der Waals surface area contributed by atoms with E-state index in [0.29, 0.717) is 18.2 Å². The van der Waals surface area contributed by atoms with Crippen molar-refractivity contribution in [3.8, 4) is 22.6 Å². The second kappa shape index (κ2) is 8.29. The molecule has 1 aliphatic carbocycles. The Morgan fingerprint density at radius 2 is 1.65 bits per heavy atom. The molecule has 4 aromatic rings. The minimum absolute atomic E-state index is 0.0891. The summed E-state index contributed by atoms with van der Waals surface area (Å²) in [6, 6.07) is 18.3. The fraction of sp³-hybridized carbons (Fsp3) is 0.250. The fourth-order valence-electron chi connectivity index (χ4n) is 5.18. The van der Waals surface area contributed by atoms with E-state index in [1.54, 1.807) is 48.5 Å². The van der Waals surface area contributed by atoms with Crippen molar-refractivity contribution in [1.82, 2.24) is 4.57 Å². The number of aromatic nitrogens is 1. The van der Waals surface area contributed by atoms with E-state index in [1.165, 1.54) is 12.1 Å². The molecule has 0 spiro atoms. The molecule has 0 aliphatic heterocycles. The molecule has 0 amide bonds. The van der Waals surface area contributed by atoms with Crippen molar-refractivity contribution < 1.29 is 24.5 Å². The van der Waals surface area contributed by atoms with Crippen LogP contribution in [0.25, 0.3) is 27.7 Å². The van der Waals surface area contributed by atoms with Gasteiger partial charge in [-0.15, -0.1) is 0 Å². The van der Waals surface area contributed by atoms with E-state index in [0.717, 1.165) is 40.9 Å². The summed E-state index contributed by atoms with van der Waals surface area (Å²) in [4.78, 5) is 11.4. The molecule has 34 heavy (non-hydrogen) atoms. The first-order valence-corrected chi connectivity index (χ1v) is 11.4. The second-order valence-electron chi connectivity index (χ2n) is 9.40. The summed E-state index contributed by atoms with van der Waals surface area (Å²) in [6.07, 6.45) is 2.80. The standard InChI is InChI=1S/C28H26FNO4/c1-28(34)15-13-18(14-16-28)26-24(17-5-7-19(8-6-17)27(32)33)25-22(3-2-4-23(25)31)30(26)21-11-9-20(29)10-12-21/h2-12,18,31,34H,13-16H2,1H3,(H,32,33). The SMILES string of the molecule is CC1(O)CCC(c2c(-c3ccc(C(=O)O)cc3)c3c(O)cccc3n2-c2ccc(F)cc2)CC1. The number of rotatable bonds is 4. The van der Waals surface area contributed by atoms with E-state index >= 15 is 0 Å². The molecular weight excluding hydrogens is 433 g/mol. The number of halogens is 1. The molecule has 0 saturated heterocycles. The van der Waals surface area contributed by atoms with E-state index < -0.39 is 11.6 Å². The van der Waals surface area contributed by atoms with Crippen molar-refractivity contribution in [1.29, 1.82) is 0 Å². The van der Waals surface area contributed by atoms with Crippen LogP contribution in [0.1, 0.15) is 54.6 Å². The van der Waals surface area contributed by atoms with E-state index in [1.807, 2.05) is 13.0 Å². The molecule has 1 aromatic heterocycles. The topological polar surface area (TPSA) is 82.7 Å². The molecular formula is C28H26FNO4. The monoisotopic (exact) mass is 459 g/mol. The van der Waals surface area contributed by atoms with Crippen molar-refractivity contribution in [3.05, 3.63) is 83.8 Å². The highest BCUT2D eigenvalue weighted by Crippen LogP contribution is 2.48. The van der Waals surface area contributed by atoms with Gasteiger partial charge in [-0.1, -0.05) is 18.2 Å². The number of phenols is 1. The van der Waals surface area contributed by atoms with Gasteiger partial charge in [0.15, 0.2) is 0 Å². The Morgan fingerprint density at radius 1 is 1.00 bits per heavy atom. The largest absolute Gasteiger partial charge is 0.507 e. The minimum atomic E-state index is -1.00. The molecule has 5 rings (SSSR count). The molecule has 0 unspecified atom stereocenters. The number of phenolic OH excluding ortho intramolecular Hbond substituents is 1. The fourth-order valence-corrected chi connectivity index (χ4v) is 5.18. The second-order valence-corrected chi connectivity index (χ2v) is 9.40. The zero-order valence-electron chi connectivity index (χ0n) is 18.8. The zero-order chi connectivity index (χ0) is 24.0. The summed E-state index contributed by atoms with van der Waals surface area (Å²) in [5, 5.41) is 31.5. The number of benzene rings is 3. The highest BCUT2D eigenvalue weighted by molar-refractivity contribution is 6.03. The van der Waals surface area contributed by atoms with Crippen molar-refractivity contribution in [2.75, 3.05) is 0 Å². The summed E-state index contributed by atoms with van der Waals surface area (Å²) < 4.78 is 15.8. The molecule has 5 nitrogen and oxygen atoms in total. The Labute approximate surface area is 196 Å². The molecule has 3 N–H and O–H groups in total. The Morgan fingerprint density at radius 3 is 2.26 bits per heavy atom. The highest BCUT2D eigenvalue weighted by atomic mass is 19.1. The lowest BCUT2D eigenvalue weighted by Gasteiger charge is -2.34. The summed E-state index contributed by atoms with van der Waals surface area (Å²) >= 11 is 0. The Kier molecular flexibility index (Phi) is 5.41. The predicted molar refractivity (Wildman–Crippen MR) is 129 cm³/mol. The van der Waals surface area contributed by atoms with Gasteiger partial charge in [0.25, 0.3) is 0 Å². The van der Waals surface area contributed by atoms with Gasteiger partial charge in [-0.05, 0) is 86.7 Å². The van der Waals surface area contributed by atoms with E-state index in [9.17, 15) is 24.5 Å². The number of aromatic carboxylic acids is 1. The number of hydrogen-bond donors (Lipinski definition) is 3. The third kappa shape index (κ3) is 3.84. The number of hydrogen-bond acceptors (Lipinski definition) is 3. The van der Waals surface area contributed by atoms with Gasteiger partial charge in [-0.3, -0.25) is 0 Å². The molecule has 1 aliphatic rings. The lowest BCUT2D eigenvalue weighted by Crippen LogP contribution is -2.30. The van der Waals surface area contributed by atoms with Gasteiger partial charge in [0.2, 0.25) is 0 Å². The molecule has 0 bridgehead atoms. The van der Waals surface area contributed by atoms with Crippen molar-refractivity contribution >= 4 is 16.9 Å². The number of carboxylic acids is 1. The lowest BCUT2D eigenvalue weighted by atomic mass is 9.77. The Hall–Kier alpha value is -3.64. The van der Waals surface area contributed by atoms with Crippen LogP contribution in [-0.4, -0.2) is 31.5 Å². The molecule has 1 fully saturated rings. The minimum Gasteiger partial charge on any atom is -0.507 e. The molecule has 0 radical (unpaired) electrons. The van der Waals surface area contributed by atoms with E-state index in [4.69, 9.17) is 0 Å². The van der Waals surface area contributed by atoms with Crippen molar-refractivity contribution in [2.24, 2.45) is 0 Å². The van der Waals surface area contributed by atoms with Crippen LogP contribution in [0.3, 0.4) is 0 Å². The van der Waals surface area contributed by atoms with Crippen LogP contribution in [0.2, 0.25) is 0 Å². The van der Waals surface area contributed by atoms with Gasteiger partial charge in [-0.25, -0.2) is 9.18 Å². The summed E-state index contributed by atoms with van der Waals surface area (Å²) in [5.74, 6) is -1.12. The maximum absolute atomic E-state index is 13.8. The smallest absolute Gasteiger partial charge is 0.335 e. The average molecular weight is 460 g/mol. The molecule has 3 aromatic carbocycles. The van der Waals surface area contributed by atoms with E-state index in [2.05, 4.69) is 4.57 Å². The van der Waals surface area contributed by atoms with Crippen LogP contribution < -0.4 is 0 Å². The van der Waals surface area contributed by atoms with Crippen molar-refractivity contribution in [2.45, 2.75) is 44.1 Å². The third-order valence-electron chi connectivity index (χ3n) is 6.96. The average Bonchev–Trinajstić information content (AvgIpc) is 3.16. The van der Waals surface area contributed by atoms with Gasteiger partial charge >= 0.3 is 5.97 Å². The predicted octanol–water partition coefficient (Wildman–Crippen LogP) is 6.25. The number of aromatic hydroxyl groups is 1. The summed E-state index contributed by atoms with van der Waals surface area (Å²) in [7, 11) is 0. The maximum Gasteiger partial charge on any atom is 0.335 e. The van der Waals surface area contributed by atoms with Gasteiger partial charge in [-0.2, -0.15) is 0 Å². The number of carbonyl (C=O) groups is 1. The van der Waals surface area contributed by atoms with Gasteiger partial charge in [0.1, 0.15) is 11.6 Å². The van der Waals surface area contributed by atoms with Crippen LogP contribution in [0.15, 0.2) is 66.7 Å². The van der Waals surface area contributed by atoms with Crippen LogP contribution in [-0.2, 0) is 0 Å². The highest BCUT2D eigenvalue weighted by Gasteiger charge is 2.34. The Bertz CT molecular complexity index is 1360. The van der Waals surface area contributed by atoms with Crippen LogP contribution in [0.5, 0.6) is 5.75 Å². The van der Waals surface area contributed by atoms with Crippen LogP contribution >= 0.6 is 0 Å². The number of nitrogens with zero attached hydrogens (tertiary/aromatic N) is 1. The van der Waals surface area contributed by atoms with Crippen LogP contribution in [0.4, 0.5) is 4.39 Å². The van der Waals surface area contributed by atoms with E-state index in [-0.39, 0.29) is 23.0 Å². The van der Waals surface area contributed by atoms with Crippen molar-refractivity contribution in [3.63, 3.8) is 0 Å². The van der Waals surface area contributed by atoms with Gasteiger partial charge in [0, 0.05) is 28.2 Å².